The topological polar surface area (TPSA) is 38.3 Å². The van der Waals surface area contributed by atoms with Gasteiger partial charge in [0.05, 0.1) is 11.1 Å². The van der Waals surface area contributed by atoms with Crippen molar-refractivity contribution < 1.29 is 9.53 Å². The van der Waals surface area contributed by atoms with Crippen LogP contribution in [0.3, 0.4) is 0 Å². The lowest BCUT2D eigenvalue weighted by Crippen LogP contribution is -2.51. The lowest BCUT2D eigenvalue weighted by Gasteiger charge is -2.40. The molecule has 2 rings (SSSR count). The summed E-state index contributed by atoms with van der Waals surface area (Å²) in [6.07, 6.45) is 6.66. The molecular weight excluding hydrogens is 214 g/mol. The van der Waals surface area contributed by atoms with Gasteiger partial charge in [-0.2, -0.15) is 0 Å². The van der Waals surface area contributed by atoms with Crippen molar-refractivity contribution in [3.8, 4) is 0 Å². The van der Waals surface area contributed by atoms with E-state index >= 15 is 0 Å². The van der Waals surface area contributed by atoms with Crippen LogP contribution < -0.4 is 5.32 Å². The minimum atomic E-state index is -0.401. The third-order valence-electron chi connectivity index (χ3n) is 4.62. The zero-order valence-corrected chi connectivity index (χ0v) is 11.3. The number of Topliss-reactive ketones (excluding diaryl/α,β-unsaturated/α-hetero) is 1. The highest BCUT2D eigenvalue weighted by Crippen LogP contribution is 2.42. The molecule has 1 saturated carbocycles. The van der Waals surface area contributed by atoms with E-state index in [4.69, 9.17) is 4.74 Å². The first-order valence-corrected chi connectivity index (χ1v) is 6.86. The molecule has 1 aliphatic carbocycles. The summed E-state index contributed by atoms with van der Waals surface area (Å²) in [5.41, 5.74) is -0.357. The molecule has 1 saturated heterocycles. The minimum Gasteiger partial charge on any atom is -0.375 e. The molecule has 98 valence electrons. The molecule has 1 N–H and O–H groups in total. The highest BCUT2D eigenvalue weighted by Gasteiger charge is 2.44. The van der Waals surface area contributed by atoms with Gasteiger partial charge < -0.3 is 10.1 Å². The fraction of sp³-hybridized carbons (Fsp3) is 0.929. The van der Waals surface area contributed by atoms with Gasteiger partial charge in [-0.1, -0.05) is 12.8 Å². The number of ketones is 1. The van der Waals surface area contributed by atoms with Crippen LogP contribution in [0.1, 0.15) is 52.4 Å². The number of hydrogen-bond donors (Lipinski definition) is 1. The highest BCUT2D eigenvalue weighted by molar-refractivity contribution is 5.89. The van der Waals surface area contributed by atoms with E-state index < -0.39 is 5.54 Å². The van der Waals surface area contributed by atoms with Crippen LogP contribution in [0.15, 0.2) is 0 Å². The molecule has 1 unspecified atom stereocenters. The molecule has 2 fully saturated rings. The summed E-state index contributed by atoms with van der Waals surface area (Å²) in [6, 6.07) is 0. The van der Waals surface area contributed by atoms with Crippen LogP contribution in [0.5, 0.6) is 0 Å². The first-order chi connectivity index (χ1) is 7.99. The Balaban J connectivity index is 2.04. The van der Waals surface area contributed by atoms with Crippen LogP contribution in [0.25, 0.3) is 0 Å². The number of likely N-dealkylation sites (N-methyl/N-ethyl adjacent to an activating group) is 1. The summed E-state index contributed by atoms with van der Waals surface area (Å²) in [6.45, 7) is 4.72. The fourth-order valence-corrected chi connectivity index (χ4v) is 3.25. The Kier molecular flexibility index (Phi) is 3.60. The van der Waals surface area contributed by atoms with Crippen molar-refractivity contribution in [1.82, 2.24) is 5.32 Å². The van der Waals surface area contributed by atoms with Crippen molar-refractivity contribution in [3.63, 3.8) is 0 Å². The van der Waals surface area contributed by atoms with Gasteiger partial charge in [-0.15, -0.1) is 0 Å². The van der Waals surface area contributed by atoms with Crippen LogP contribution in [0.2, 0.25) is 0 Å². The van der Waals surface area contributed by atoms with Gasteiger partial charge in [0.25, 0.3) is 0 Å². The Hall–Kier alpha value is -0.410. The molecule has 1 aliphatic heterocycles. The number of hydrogen-bond acceptors (Lipinski definition) is 3. The number of ether oxygens (including phenoxy) is 1. The molecule has 0 aromatic rings. The predicted molar refractivity (Wildman–Crippen MR) is 68.0 cm³/mol. The first kappa shape index (κ1) is 13.0. The van der Waals surface area contributed by atoms with E-state index in [1.807, 2.05) is 20.9 Å². The summed E-state index contributed by atoms with van der Waals surface area (Å²) >= 11 is 0. The molecule has 3 heteroatoms. The van der Waals surface area contributed by atoms with Crippen molar-refractivity contribution in [2.24, 2.45) is 5.92 Å². The van der Waals surface area contributed by atoms with Gasteiger partial charge in [0.15, 0.2) is 5.78 Å². The molecule has 1 spiro atoms. The van der Waals surface area contributed by atoms with Gasteiger partial charge in [-0.05, 0) is 46.6 Å². The molecule has 1 atom stereocenters. The number of carbonyl (C=O) groups is 1. The van der Waals surface area contributed by atoms with Crippen LogP contribution in [-0.4, -0.2) is 30.6 Å². The summed E-state index contributed by atoms with van der Waals surface area (Å²) in [7, 11) is 1.86. The minimum absolute atomic E-state index is 0.0440. The van der Waals surface area contributed by atoms with Gasteiger partial charge in [-0.3, -0.25) is 4.79 Å². The monoisotopic (exact) mass is 239 g/mol. The average molecular weight is 239 g/mol. The Labute approximate surface area is 104 Å². The Bertz CT molecular complexity index is 293. The van der Waals surface area contributed by atoms with Crippen molar-refractivity contribution in [3.05, 3.63) is 0 Å². The zero-order valence-electron chi connectivity index (χ0n) is 11.3. The van der Waals surface area contributed by atoms with E-state index in [9.17, 15) is 4.79 Å². The molecule has 0 radical (unpaired) electrons. The third-order valence-corrected chi connectivity index (χ3v) is 4.62. The lowest BCUT2D eigenvalue weighted by atomic mass is 9.77. The molecule has 17 heavy (non-hydrogen) atoms. The van der Waals surface area contributed by atoms with Crippen molar-refractivity contribution in [2.45, 2.75) is 63.5 Å². The summed E-state index contributed by atoms with van der Waals surface area (Å²) in [4.78, 5) is 12.5. The maximum Gasteiger partial charge on any atom is 0.155 e. The Morgan fingerprint density at radius 1 is 1.35 bits per heavy atom. The summed E-state index contributed by atoms with van der Waals surface area (Å²) in [5, 5.41) is 3.13. The smallest absolute Gasteiger partial charge is 0.155 e. The van der Waals surface area contributed by atoms with E-state index in [0.29, 0.717) is 5.78 Å². The predicted octanol–water partition coefficient (Wildman–Crippen LogP) is 2.29. The second-order valence-electron chi connectivity index (χ2n) is 6.17. The van der Waals surface area contributed by atoms with Crippen LogP contribution in [-0.2, 0) is 9.53 Å². The largest absolute Gasteiger partial charge is 0.375 e. The summed E-state index contributed by atoms with van der Waals surface area (Å²) < 4.78 is 5.98. The molecule has 2 aliphatic rings. The molecule has 0 aromatic carbocycles. The lowest BCUT2D eigenvalue weighted by molar-refractivity contribution is -0.141. The molecule has 3 nitrogen and oxygen atoms in total. The maximum absolute atomic E-state index is 12.5. The van der Waals surface area contributed by atoms with E-state index in [2.05, 4.69) is 5.32 Å². The molecule has 1 heterocycles. The standard InChI is InChI=1S/C14H25NO2/c1-13(2,15-3)12(16)11-6-9-17-14(10-11)7-4-5-8-14/h11,15H,4-10H2,1-3H3. The van der Waals surface area contributed by atoms with Crippen molar-refractivity contribution >= 4 is 5.78 Å². The van der Waals surface area contributed by atoms with Gasteiger partial charge in [0.1, 0.15) is 0 Å². The average Bonchev–Trinajstić information content (AvgIpc) is 2.76. The number of carbonyl (C=O) groups excluding carboxylic acids is 1. The maximum atomic E-state index is 12.5. The molecule has 0 aromatic heterocycles. The third kappa shape index (κ3) is 2.55. The first-order valence-electron chi connectivity index (χ1n) is 6.86. The van der Waals surface area contributed by atoms with Crippen LogP contribution in [0.4, 0.5) is 0 Å². The Morgan fingerprint density at radius 3 is 2.59 bits per heavy atom. The van der Waals surface area contributed by atoms with Crippen molar-refractivity contribution in [2.75, 3.05) is 13.7 Å². The summed E-state index contributed by atoms with van der Waals surface area (Å²) in [5.74, 6) is 0.541. The van der Waals surface area contributed by atoms with E-state index in [1.165, 1.54) is 12.8 Å². The molecule has 0 bridgehead atoms. The second kappa shape index (κ2) is 4.69. The Morgan fingerprint density at radius 2 is 2.00 bits per heavy atom. The number of nitrogens with one attached hydrogen (secondary N) is 1. The van der Waals surface area contributed by atoms with E-state index in [1.54, 1.807) is 0 Å². The van der Waals surface area contributed by atoms with E-state index in [-0.39, 0.29) is 11.5 Å². The van der Waals surface area contributed by atoms with Gasteiger partial charge >= 0.3 is 0 Å². The quantitative estimate of drug-likeness (QED) is 0.821. The zero-order chi connectivity index (χ0) is 12.5. The second-order valence-corrected chi connectivity index (χ2v) is 6.17. The normalized spacial score (nSPS) is 28.5. The molecule has 0 amide bonds. The fourth-order valence-electron chi connectivity index (χ4n) is 3.25. The van der Waals surface area contributed by atoms with E-state index in [0.717, 1.165) is 32.3 Å². The van der Waals surface area contributed by atoms with Crippen molar-refractivity contribution in [1.29, 1.82) is 0 Å². The van der Waals surface area contributed by atoms with Gasteiger partial charge in [-0.25, -0.2) is 0 Å². The van der Waals surface area contributed by atoms with Crippen LogP contribution in [0, 0.1) is 5.92 Å². The SMILES string of the molecule is CNC(C)(C)C(=O)C1CCOC2(CCCC2)C1. The highest BCUT2D eigenvalue weighted by atomic mass is 16.5. The van der Waals surface area contributed by atoms with Crippen LogP contribution >= 0.6 is 0 Å². The van der Waals surface area contributed by atoms with Gasteiger partial charge in [0.2, 0.25) is 0 Å². The number of rotatable bonds is 3. The molecular formula is C14H25NO2. The van der Waals surface area contributed by atoms with Gasteiger partial charge in [0, 0.05) is 12.5 Å².